The first-order chi connectivity index (χ1) is 12.1. The third-order valence-corrected chi connectivity index (χ3v) is 4.40. The largest absolute Gasteiger partial charge is 0.417 e. The molecule has 0 aliphatic heterocycles. The molecule has 26 heavy (non-hydrogen) atoms. The number of imidazole rings is 1. The number of amides is 1. The van der Waals surface area contributed by atoms with Crippen LogP contribution in [0, 0.1) is 6.92 Å². The zero-order valence-electron chi connectivity index (χ0n) is 13.0. The van der Waals surface area contributed by atoms with Gasteiger partial charge in [-0.2, -0.15) is 13.2 Å². The van der Waals surface area contributed by atoms with Crippen LogP contribution in [0.15, 0.2) is 30.5 Å². The number of aryl methyl sites for hydroxylation is 1. The lowest BCUT2D eigenvalue weighted by molar-refractivity contribution is -0.137. The van der Waals surface area contributed by atoms with E-state index in [-0.39, 0.29) is 32.8 Å². The Morgan fingerprint density at radius 2 is 1.85 bits per heavy atom. The maximum absolute atomic E-state index is 13.1. The number of alkyl halides is 3. The zero-order chi connectivity index (χ0) is 19.2. The number of carbonyl (C=O) groups excluding carboxylic acids is 1. The molecular formula is C16H9Cl3F3N3O. The topological polar surface area (TPSA) is 46.4 Å². The smallest absolute Gasteiger partial charge is 0.319 e. The molecule has 136 valence electrons. The number of benzene rings is 1. The summed E-state index contributed by atoms with van der Waals surface area (Å²) in [6, 6.07) is 5.19. The number of hydrogen-bond acceptors (Lipinski definition) is 2. The molecule has 10 heteroatoms. The summed E-state index contributed by atoms with van der Waals surface area (Å²) in [4.78, 5) is 16.7. The van der Waals surface area contributed by atoms with Crippen LogP contribution in [0.5, 0.6) is 0 Å². The van der Waals surface area contributed by atoms with Gasteiger partial charge in [0.25, 0.3) is 5.91 Å². The number of fused-ring (bicyclic) bond motifs is 1. The van der Waals surface area contributed by atoms with Gasteiger partial charge in [0.05, 0.1) is 27.0 Å². The number of hydrogen-bond donors (Lipinski definition) is 1. The van der Waals surface area contributed by atoms with Gasteiger partial charge in [-0.1, -0.05) is 34.8 Å². The first-order valence-electron chi connectivity index (χ1n) is 7.09. The van der Waals surface area contributed by atoms with Crippen molar-refractivity contribution in [2.75, 3.05) is 5.32 Å². The summed E-state index contributed by atoms with van der Waals surface area (Å²) in [7, 11) is 0. The van der Waals surface area contributed by atoms with Gasteiger partial charge in [-0.3, -0.25) is 9.20 Å². The Hall–Kier alpha value is -1.96. The van der Waals surface area contributed by atoms with Gasteiger partial charge in [0.2, 0.25) is 0 Å². The lowest BCUT2D eigenvalue weighted by Gasteiger charge is -2.11. The maximum atomic E-state index is 13.1. The van der Waals surface area contributed by atoms with Gasteiger partial charge in [-0.25, -0.2) is 4.98 Å². The Labute approximate surface area is 160 Å². The second kappa shape index (κ2) is 6.64. The number of nitrogens with zero attached hydrogens (tertiary/aromatic N) is 2. The number of pyridine rings is 1. The van der Waals surface area contributed by atoms with Gasteiger partial charge >= 0.3 is 6.18 Å². The number of rotatable bonds is 2. The molecule has 1 aromatic carbocycles. The third kappa shape index (κ3) is 3.47. The summed E-state index contributed by atoms with van der Waals surface area (Å²) < 4.78 is 40.2. The summed E-state index contributed by atoms with van der Waals surface area (Å²) in [6.45, 7) is 1.50. The number of nitrogens with one attached hydrogen (secondary N) is 1. The van der Waals surface area contributed by atoms with Crippen LogP contribution in [-0.4, -0.2) is 15.3 Å². The lowest BCUT2D eigenvalue weighted by Crippen LogP contribution is -2.17. The van der Waals surface area contributed by atoms with Crippen molar-refractivity contribution in [3.8, 4) is 0 Å². The van der Waals surface area contributed by atoms with Crippen molar-refractivity contribution in [2.24, 2.45) is 0 Å². The van der Waals surface area contributed by atoms with Crippen molar-refractivity contribution in [3.05, 3.63) is 62.5 Å². The molecular weight excluding hydrogens is 414 g/mol. The Morgan fingerprint density at radius 3 is 2.46 bits per heavy atom. The first-order valence-corrected chi connectivity index (χ1v) is 8.23. The van der Waals surface area contributed by atoms with Crippen LogP contribution < -0.4 is 5.32 Å². The van der Waals surface area contributed by atoms with Crippen LogP contribution in [0.1, 0.15) is 21.7 Å². The molecule has 0 unspecified atom stereocenters. The fourth-order valence-corrected chi connectivity index (χ4v) is 3.13. The van der Waals surface area contributed by atoms with E-state index in [1.807, 2.05) is 0 Å². The van der Waals surface area contributed by atoms with E-state index >= 15 is 0 Å². The summed E-state index contributed by atoms with van der Waals surface area (Å²) >= 11 is 17.7. The molecule has 0 atom stereocenters. The highest BCUT2D eigenvalue weighted by Gasteiger charge is 2.33. The molecule has 0 spiro atoms. The van der Waals surface area contributed by atoms with Gasteiger partial charge in [0.1, 0.15) is 5.69 Å². The van der Waals surface area contributed by atoms with Crippen molar-refractivity contribution in [1.82, 2.24) is 9.38 Å². The predicted octanol–water partition coefficient (Wildman–Crippen LogP) is 5.87. The quantitative estimate of drug-likeness (QED) is 0.561. The van der Waals surface area contributed by atoms with Gasteiger partial charge in [-0.15, -0.1) is 0 Å². The van der Waals surface area contributed by atoms with E-state index in [9.17, 15) is 18.0 Å². The average Bonchev–Trinajstić information content (AvgIpc) is 2.86. The maximum Gasteiger partial charge on any atom is 0.417 e. The SMILES string of the molecule is Cc1nc2c(Cl)cc(C(F)(F)F)cn2c1C(=O)Nc1ccc(Cl)cc1Cl. The predicted molar refractivity (Wildman–Crippen MR) is 94.4 cm³/mol. The molecule has 0 saturated heterocycles. The summed E-state index contributed by atoms with van der Waals surface area (Å²) in [6.07, 6.45) is -3.84. The molecule has 2 heterocycles. The molecule has 0 fully saturated rings. The van der Waals surface area contributed by atoms with Crippen LogP contribution in [0.25, 0.3) is 5.65 Å². The second-order valence-electron chi connectivity index (χ2n) is 5.39. The molecule has 1 amide bonds. The van der Waals surface area contributed by atoms with E-state index < -0.39 is 17.6 Å². The number of anilines is 1. The molecule has 1 N–H and O–H groups in total. The van der Waals surface area contributed by atoms with E-state index in [2.05, 4.69) is 10.3 Å². The molecule has 0 aliphatic carbocycles. The van der Waals surface area contributed by atoms with Gasteiger partial charge in [0, 0.05) is 11.2 Å². The summed E-state index contributed by atoms with van der Waals surface area (Å²) in [5, 5.41) is 2.88. The zero-order valence-corrected chi connectivity index (χ0v) is 15.2. The second-order valence-corrected chi connectivity index (χ2v) is 6.64. The third-order valence-electron chi connectivity index (χ3n) is 3.57. The lowest BCUT2D eigenvalue weighted by atomic mass is 10.2. The molecule has 0 aliphatic rings. The number of carbonyl (C=O) groups is 1. The van der Waals surface area contributed by atoms with Crippen molar-refractivity contribution in [3.63, 3.8) is 0 Å². The molecule has 0 radical (unpaired) electrons. The van der Waals surface area contributed by atoms with Gasteiger partial charge in [0.15, 0.2) is 5.65 Å². The molecule has 2 aromatic heterocycles. The normalized spacial score (nSPS) is 11.8. The monoisotopic (exact) mass is 421 g/mol. The van der Waals surface area contributed by atoms with E-state index in [1.165, 1.54) is 25.1 Å². The van der Waals surface area contributed by atoms with Crippen LogP contribution in [0.2, 0.25) is 15.1 Å². The van der Waals surface area contributed by atoms with Crippen LogP contribution in [0.4, 0.5) is 18.9 Å². The number of halogens is 6. The average molecular weight is 423 g/mol. The molecule has 3 rings (SSSR count). The Balaban J connectivity index is 2.10. The Morgan fingerprint density at radius 1 is 1.15 bits per heavy atom. The van der Waals surface area contributed by atoms with Crippen molar-refractivity contribution >= 4 is 52.0 Å². The highest BCUT2D eigenvalue weighted by atomic mass is 35.5. The van der Waals surface area contributed by atoms with Crippen LogP contribution >= 0.6 is 34.8 Å². The molecule has 0 bridgehead atoms. The van der Waals surface area contributed by atoms with E-state index in [0.29, 0.717) is 5.02 Å². The fourth-order valence-electron chi connectivity index (χ4n) is 2.42. The highest BCUT2D eigenvalue weighted by molar-refractivity contribution is 6.37. The highest BCUT2D eigenvalue weighted by Crippen LogP contribution is 2.33. The van der Waals surface area contributed by atoms with E-state index in [1.54, 1.807) is 0 Å². The van der Waals surface area contributed by atoms with Crippen LogP contribution in [-0.2, 0) is 6.18 Å². The minimum atomic E-state index is -4.62. The minimum Gasteiger partial charge on any atom is -0.319 e. The number of aromatic nitrogens is 2. The molecule has 0 saturated carbocycles. The van der Waals surface area contributed by atoms with Crippen molar-refractivity contribution < 1.29 is 18.0 Å². The summed E-state index contributed by atoms with van der Waals surface area (Å²) in [5.41, 5.74) is -0.559. The standard InChI is InChI=1S/C16H9Cl3F3N3O/c1-7-13(15(26)24-12-3-2-9(17)5-10(12)18)25-6-8(16(20,21)22)4-11(19)14(25)23-7/h2-6H,1H3,(H,24,26). The van der Waals surface area contributed by atoms with E-state index in [0.717, 1.165) is 16.7 Å². The Bertz CT molecular complexity index is 1030. The van der Waals surface area contributed by atoms with Gasteiger partial charge < -0.3 is 5.32 Å². The fraction of sp³-hybridized carbons (Fsp3) is 0.125. The van der Waals surface area contributed by atoms with Crippen molar-refractivity contribution in [1.29, 1.82) is 0 Å². The Kier molecular flexibility index (Phi) is 4.81. The minimum absolute atomic E-state index is 0.0459. The van der Waals surface area contributed by atoms with Crippen molar-refractivity contribution in [2.45, 2.75) is 13.1 Å². The van der Waals surface area contributed by atoms with Gasteiger partial charge in [-0.05, 0) is 31.2 Å². The summed E-state index contributed by atoms with van der Waals surface area (Å²) in [5.74, 6) is -0.686. The molecule has 4 nitrogen and oxygen atoms in total. The van der Waals surface area contributed by atoms with E-state index in [4.69, 9.17) is 34.8 Å². The first kappa shape index (κ1) is 18.8. The van der Waals surface area contributed by atoms with Crippen LogP contribution in [0.3, 0.4) is 0 Å². The molecule has 3 aromatic rings.